The van der Waals surface area contributed by atoms with Crippen molar-refractivity contribution in [3.05, 3.63) is 11.3 Å². The summed E-state index contributed by atoms with van der Waals surface area (Å²) in [6.07, 6.45) is 2.40. The number of nitrogen functional groups attached to an aromatic ring is 1. The van der Waals surface area contributed by atoms with Gasteiger partial charge < -0.3 is 15.4 Å². The highest BCUT2D eigenvalue weighted by molar-refractivity contribution is 6.35. The summed E-state index contributed by atoms with van der Waals surface area (Å²) < 4.78 is 5.31. The molecule has 2 heterocycles. The first kappa shape index (κ1) is 10.4. The molecule has 0 spiro atoms. The van der Waals surface area contributed by atoms with Crippen LogP contribution >= 0.6 is 11.6 Å². The number of aromatic nitrogens is 2. The first-order valence-electron chi connectivity index (χ1n) is 4.76. The average molecular weight is 229 g/mol. The molecule has 5 nitrogen and oxygen atoms in total. The number of rotatable bonds is 2. The van der Waals surface area contributed by atoms with Crippen LogP contribution in [0.2, 0.25) is 5.02 Å². The lowest BCUT2D eigenvalue weighted by Gasteiger charge is -2.24. The van der Waals surface area contributed by atoms with Crippen LogP contribution in [0, 0.1) is 0 Å². The molecule has 1 aliphatic rings. The lowest BCUT2D eigenvalue weighted by Crippen LogP contribution is -2.32. The number of hydrogen-bond donors (Lipinski definition) is 1. The van der Waals surface area contributed by atoms with E-state index in [1.165, 1.54) is 6.33 Å². The van der Waals surface area contributed by atoms with Crippen molar-refractivity contribution >= 4 is 23.2 Å². The third-order valence-corrected chi connectivity index (χ3v) is 2.95. The summed E-state index contributed by atoms with van der Waals surface area (Å²) in [6.45, 7) is 1.49. The number of nitrogens with zero attached hydrogens (tertiary/aromatic N) is 3. The van der Waals surface area contributed by atoms with Gasteiger partial charge in [0.25, 0.3) is 0 Å². The standard InChI is InChI=1S/C9H13ClN4O/c1-14(6-2-3-15-4-6)9-7(10)8(11)12-5-13-9/h5-6H,2-4H2,1H3,(H2,11,12,13). The Balaban J connectivity index is 2.24. The van der Waals surface area contributed by atoms with Crippen LogP contribution in [0.3, 0.4) is 0 Å². The van der Waals surface area contributed by atoms with Crippen molar-refractivity contribution in [1.82, 2.24) is 9.97 Å². The third kappa shape index (κ3) is 1.98. The molecule has 82 valence electrons. The molecule has 0 radical (unpaired) electrons. The van der Waals surface area contributed by atoms with Crippen LogP contribution in [0.4, 0.5) is 11.6 Å². The highest BCUT2D eigenvalue weighted by Gasteiger charge is 2.23. The molecule has 0 aromatic carbocycles. The molecule has 1 atom stereocenters. The Morgan fingerprint density at radius 1 is 1.60 bits per heavy atom. The summed E-state index contributed by atoms with van der Waals surface area (Å²) in [4.78, 5) is 9.95. The number of ether oxygens (including phenoxy) is 1. The zero-order valence-corrected chi connectivity index (χ0v) is 9.24. The fourth-order valence-corrected chi connectivity index (χ4v) is 1.85. The molecule has 1 saturated heterocycles. The van der Waals surface area contributed by atoms with Crippen LogP contribution in [0.25, 0.3) is 0 Å². The maximum Gasteiger partial charge on any atom is 0.153 e. The minimum absolute atomic E-state index is 0.312. The van der Waals surface area contributed by atoms with Gasteiger partial charge in [-0.2, -0.15) is 0 Å². The van der Waals surface area contributed by atoms with E-state index in [0.717, 1.165) is 13.0 Å². The molecule has 6 heteroatoms. The Labute approximate surface area is 93.2 Å². The number of nitrogens with two attached hydrogens (primary N) is 1. The van der Waals surface area contributed by atoms with Crippen LogP contribution in [0.15, 0.2) is 6.33 Å². The van der Waals surface area contributed by atoms with Gasteiger partial charge in [0.05, 0.1) is 12.6 Å². The highest BCUT2D eigenvalue weighted by Crippen LogP contribution is 2.28. The fourth-order valence-electron chi connectivity index (χ4n) is 1.62. The van der Waals surface area contributed by atoms with Crippen LogP contribution in [0.5, 0.6) is 0 Å². The second kappa shape index (κ2) is 4.20. The highest BCUT2D eigenvalue weighted by atomic mass is 35.5. The van der Waals surface area contributed by atoms with Crippen molar-refractivity contribution in [2.24, 2.45) is 0 Å². The Morgan fingerprint density at radius 2 is 2.40 bits per heavy atom. The number of anilines is 2. The van der Waals surface area contributed by atoms with E-state index in [4.69, 9.17) is 22.1 Å². The molecule has 1 fully saturated rings. The van der Waals surface area contributed by atoms with Crippen molar-refractivity contribution in [2.45, 2.75) is 12.5 Å². The molecule has 0 aliphatic carbocycles. The smallest absolute Gasteiger partial charge is 0.153 e. The fraction of sp³-hybridized carbons (Fsp3) is 0.556. The number of halogens is 1. The molecule has 2 N–H and O–H groups in total. The minimum Gasteiger partial charge on any atom is -0.382 e. The van der Waals surface area contributed by atoms with Crippen molar-refractivity contribution in [1.29, 1.82) is 0 Å². The van der Waals surface area contributed by atoms with E-state index in [1.54, 1.807) is 0 Å². The van der Waals surface area contributed by atoms with Gasteiger partial charge in [-0.3, -0.25) is 0 Å². The Bertz CT molecular complexity index is 354. The van der Waals surface area contributed by atoms with E-state index in [0.29, 0.717) is 29.3 Å². The van der Waals surface area contributed by atoms with Crippen molar-refractivity contribution in [2.75, 3.05) is 30.9 Å². The van der Waals surface area contributed by atoms with Gasteiger partial charge in [-0.25, -0.2) is 9.97 Å². The molecule has 1 aliphatic heterocycles. The van der Waals surface area contributed by atoms with Crippen LogP contribution < -0.4 is 10.6 Å². The van der Waals surface area contributed by atoms with Gasteiger partial charge in [0.2, 0.25) is 0 Å². The third-order valence-electron chi connectivity index (χ3n) is 2.59. The lowest BCUT2D eigenvalue weighted by atomic mass is 10.2. The van der Waals surface area contributed by atoms with E-state index in [2.05, 4.69) is 9.97 Å². The first-order chi connectivity index (χ1) is 7.20. The molecular weight excluding hydrogens is 216 g/mol. The molecule has 1 unspecified atom stereocenters. The Kier molecular flexibility index (Phi) is 2.93. The van der Waals surface area contributed by atoms with Crippen molar-refractivity contribution < 1.29 is 4.74 Å². The summed E-state index contributed by atoms with van der Waals surface area (Å²) >= 11 is 6.03. The van der Waals surface area contributed by atoms with Crippen molar-refractivity contribution in [3.8, 4) is 0 Å². The average Bonchev–Trinajstić information content (AvgIpc) is 2.74. The maximum absolute atomic E-state index is 6.03. The second-order valence-corrected chi connectivity index (χ2v) is 3.90. The molecule has 1 aromatic rings. The van der Waals surface area contributed by atoms with Gasteiger partial charge in [0.1, 0.15) is 17.2 Å². The van der Waals surface area contributed by atoms with E-state index in [9.17, 15) is 0 Å². The molecule has 2 rings (SSSR count). The summed E-state index contributed by atoms with van der Waals surface area (Å²) in [5.41, 5.74) is 5.62. The van der Waals surface area contributed by atoms with Gasteiger partial charge in [-0.05, 0) is 6.42 Å². The summed E-state index contributed by atoms with van der Waals surface area (Å²) in [5.74, 6) is 0.979. The van der Waals surface area contributed by atoms with E-state index in [-0.39, 0.29) is 0 Å². The summed E-state index contributed by atoms with van der Waals surface area (Å²) in [5, 5.41) is 0.409. The van der Waals surface area contributed by atoms with Crippen LogP contribution in [0.1, 0.15) is 6.42 Å². The Morgan fingerprint density at radius 3 is 3.07 bits per heavy atom. The monoisotopic (exact) mass is 228 g/mol. The number of hydrogen-bond acceptors (Lipinski definition) is 5. The maximum atomic E-state index is 6.03. The van der Waals surface area contributed by atoms with Gasteiger partial charge in [-0.15, -0.1) is 0 Å². The van der Waals surface area contributed by atoms with E-state index in [1.807, 2.05) is 11.9 Å². The summed E-state index contributed by atoms with van der Waals surface area (Å²) in [6, 6.07) is 0.316. The minimum atomic E-state index is 0.312. The van der Waals surface area contributed by atoms with E-state index < -0.39 is 0 Å². The SMILES string of the molecule is CN(c1ncnc(N)c1Cl)C1CCOC1. The van der Waals surface area contributed by atoms with Gasteiger partial charge in [0, 0.05) is 13.7 Å². The predicted molar refractivity (Wildman–Crippen MR) is 59.1 cm³/mol. The Hall–Kier alpha value is -1.07. The quantitative estimate of drug-likeness (QED) is 0.816. The molecule has 0 saturated carbocycles. The topological polar surface area (TPSA) is 64.3 Å². The molecule has 1 aromatic heterocycles. The molecule has 15 heavy (non-hydrogen) atoms. The van der Waals surface area contributed by atoms with Crippen molar-refractivity contribution in [3.63, 3.8) is 0 Å². The first-order valence-corrected chi connectivity index (χ1v) is 5.14. The normalized spacial score (nSPS) is 20.5. The molecule has 0 amide bonds. The largest absolute Gasteiger partial charge is 0.382 e. The van der Waals surface area contributed by atoms with Gasteiger partial charge >= 0.3 is 0 Å². The number of likely N-dealkylation sites (N-methyl/N-ethyl adjacent to an activating group) is 1. The second-order valence-electron chi connectivity index (χ2n) is 3.52. The molecular formula is C9H13ClN4O. The lowest BCUT2D eigenvalue weighted by molar-refractivity contribution is 0.193. The van der Waals surface area contributed by atoms with Crippen LogP contribution in [-0.4, -0.2) is 36.3 Å². The van der Waals surface area contributed by atoms with Crippen LogP contribution in [-0.2, 0) is 4.74 Å². The zero-order valence-electron chi connectivity index (χ0n) is 8.48. The van der Waals surface area contributed by atoms with E-state index >= 15 is 0 Å². The van der Waals surface area contributed by atoms with Gasteiger partial charge in [-0.1, -0.05) is 11.6 Å². The van der Waals surface area contributed by atoms with Gasteiger partial charge in [0.15, 0.2) is 5.82 Å². The zero-order chi connectivity index (χ0) is 10.8. The predicted octanol–water partition coefficient (Wildman–Crippen LogP) is 0.937. The molecule has 0 bridgehead atoms. The summed E-state index contributed by atoms with van der Waals surface area (Å²) in [7, 11) is 1.94.